The molecule has 2 saturated heterocycles. The number of amides is 1. The highest BCUT2D eigenvalue weighted by Gasteiger charge is 2.23. The second kappa shape index (κ2) is 7.63. The summed E-state index contributed by atoms with van der Waals surface area (Å²) in [6.45, 7) is 3.68. The first kappa shape index (κ1) is 16.7. The summed E-state index contributed by atoms with van der Waals surface area (Å²) in [6, 6.07) is 1.42. The summed E-state index contributed by atoms with van der Waals surface area (Å²) in [5.41, 5.74) is 5.28. The molecule has 132 valence electrons. The zero-order chi connectivity index (χ0) is 16.9. The Bertz CT molecular complexity index is 621. The smallest absolute Gasteiger partial charge is 0.254 e. The number of hydrogen-bond acceptors (Lipinski definition) is 7. The molecular formula is C15H23N5O4. The lowest BCUT2D eigenvalue weighted by molar-refractivity contribution is -0.137. The third-order valence-electron chi connectivity index (χ3n) is 4.26. The molecule has 3 N–H and O–H groups in total. The Labute approximate surface area is 139 Å². The van der Waals surface area contributed by atoms with Crippen molar-refractivity contribution in [3.63, 3.8) is 0 Å². The first-order chi connectivity index (χ1) is 11.6. The predicted molar refractivity (Wildman–Crippen MR) is 87.9 cm³/mol. The average molecular weight is 337 g/mol. The molecule has 9 heteroatoms. The number of nitrogens with two attached hydrogens (primary N) is 1. The maximum atomic E-state index is 12.2. The van der Waals surface area contributed by atoms with Gasteiger partial charge < -0.3 is 25.0 Å². The fourth-order valence-corrected chi connectivity index (χ4v) is 2.95. The van der Waals surface area contributed by atoms with E-state index in [0.29, 0.717) is 38.6 Å². The molecule has 2 aliphatic heterocycles. The minimum absolute atomic E-state index is 0.0222. The van der Waals surface area contributed by atoms with Gasteiger partial charge in [-0.15, -0.1) is 0 Å². The maximum Gasteiger partial charge on any atom is 0.254 e. The monoisotopic (exact) mass is 337 g/mol. The highest BCUT2D eigenvalue weighted by atomic mass is 16.5. The van der Waals surface area contributed by atoms with Crippen LogP contribution in [0.25, 0.3) is 0 Å². The minimum Gasteiger partial charge on any atom is -0.376 e. The molecule has 0 aromatic carbocycles. The molecule has 1 aromatic rings. The molecule has 0 unspecified atom stereocenters. The van der Waals surface area contributed by atoms with E-state index in [9.17, 15) is 9.59 Å². The number of ether oxygens (including phenoxy) is 2. The van der Waals surface area contributed by atoms with Crippen LogP contribution in [0.2, 0.25) is 0 Å². The Balaban J connectivity index is 1.44. The number of nitrogen functional groups attached to an aromatic ring is 1. The van der Waals surface area contributed by atoms with Crippen molar-refractivity contribution in [2.75, 3.05) is 56.6 Å². The lowest BCUT2D eigenvalue weighted by Gasteiger charge is -2.35. The van der Waals surface area contributed by atoms with Crippen LogP contribution in [-0.4, -0.2) is 72.9 Å². The molecule has 3 rings (SSSR count). The molecule has 1 aromatic heterocycles. The number of piperazine rings is 1. The Hall–Kier alpha value is -2.13. The number of rotatable bonds is 5. The van der Waals surface area contributed by atoms with E-state index < -0.39 is 0 Å². The topological polar surface area (TPSA) is 114 Å². The molecule has 0 spiro atoms. The van der Waals surface area contributed by atoms with E-state index in [2.05, 4.69) is 9.97 Å². The average Bonchev–Trinajstić information content (AvgIpc) is 3.07. The van der Waals surface area contributed by atoms with Crippen LogP contribution in [0.5, 0.6) is 0 Å². The second-order valence-corrected chi connectivity index (χ2v) is 6.01. The van der Waals surface area contributed by atoms with Gasteiger partial charge in [0.25, 0.3) is 5.56 Å². The Morgan fingerprint density at radius 3 is 2.88 bits per heavy atom. The third kappa shape index (κ3) is 4.24. The quantitative estimate of drug-likeness (QED) is 0.723. The van der Waals surface area contributed by atoms with E-state index >= 15 is 0 Å². The fraction of sp³-hybridized carbons (Fsp3) is 0.667. The van der Waals surface area contributed by atoms with E-state index in [0.717, 1.165) is 19.4 Å². The molecule has 0 saturated carbocycles. The van der Waals surface area contributed by atoms with E-state index in [1.54, 1.807) is 4.90 Å². The SMILES string of the molecule is Nc1nc(N2CCN(C(=O)COC[C@@H]3CCCO3)CC2)cc(=O)[nH]1. The zero-order valence-corrected chi connectivity index (χ0v) is 13.6. The molecule has 1 amide bonds. The van der Waals surface area contributed by atoms with E-state index in [-0.39, 0.29) is 30.1 Å². The lowest BCUT2D eigenvalue weighted by Crippen LogP contribution is -2.50. The molecule has 1 atom stereocenters. The van der Waals surface area contributed by atoms with E-state index in [1.807, 2.05) is 4.90 Å². The predicted octanol–water partition coefficient (Wildman–Crippen LogP) is -0.804. The van der Waals surface area contributed by atoms with Crippen LogP contribution >= 0.6 is 0 Å². The number of carbonyl (C=O) groups excluding carboxylic acids is 1. The number of anilines is 2. The number of H-pyrrole nitrogens is 1. The van der Waals surface area contributed by atoms with Crippen molar-refractivity contribution in [1.82, 2.24) is 14.9 Å². The molecule has 2 aliphatic rings. The largest absolute Gasteiger partial charge is 0.376 e. The third-order valence-corrected chi connectivity index (χ3v) is 4.26. The summed E-state index contributed by atoms with van der Waals surface area (Å²) in [5.74, 6) is 0.613. The van der Waals surface area contributed by atoms with E-state index in [1.165, 1.54) is 6.07 Å². The Morgan fingerprint density at radius 1 is 1.42 bits per heavy atom. The van der Waals surface area contributed by atoms with Gasteiger partial charge in [-0.05, 0) is 12.8 Å². The highest BCUT2D eigenvalue weighted by molar-refractivity contribution is 5.77. The van der Waals surface area contributed by atoms with Gasteiger partial charge in [-0.3, -0.25) is 14.6 Å². The number of aromatic amines is 1. The van der Waals surface area contributed by atoms with Gasteiger partial charge >= 0.3 is 0 Å². The van der Waals surface area contributed by atoms with Crippen molar-refractivity contribution in [3.8, 4) is 0 Å². The summed E-state index contributed by atoms with van der Waals surface area (Å²) < 4.78 is 10.9. The zero-order valence-electron chi connectivity index (χ0n) is 13.6. The van der Waals surface area contributed by atoms with Crippen LogP contribution in [0, 0.1) is 0 Å². The van der Waals surface area contributed by atoms with Gasteiger partial charge in [0, 0.05) is 38.9 Å². The van der Waals surface area contributed by atoms with Gasteiger partial charge in [0.05, 0.1) is 12.7 Å². The van der Waals surface area contributed by atoms with Crippen molar-refractivity contribution in [2.45, 2.75) is 18.9 Å². The van der Waals surface area contributed by atoms with Crippen LogP contribution in [0.15, 0.2) is 10.9 Å². The first-order valence-electron chi connectivity index (χ1n) is 8.21. The molecular weight excluding hydrogens is 314 g/mol. The van der Waals surface area contributed by atoms with Gasteiger partial charge in [0.15, 0.2) is 0 Å². The minimum atomic E-state index is -0.279. The van der Waals surface area contributed by atoms with Crippen molar-refractivity contribution in [3.05, 3.63) is 16.4 Å². The first-order valence-corrected chi connectivity index (χ1v) is 8.21. The van der Waals surface area contributed by atoms with Gasteiger partial charge in [-0.1, -0.05) is 0 Å². The molecule has 3 heterocycles. The van der Waals surface area contributed by atoms with Crippen LogP contribution in [0.3, 0.4) is 0 Å². The number of nitrogens with zero attached hydrogens (tertiary/aromatic N) is 3. The van der Waals surface area contributed by atoms with Crippen molar-refractivity contribution < 1.29 is 14.3 Å². The fourth-order valence-electron chi connectivity index (χ4n) is 2.95. The second-order valence-electron chi connectivity index (χ2n) is 6.01. The highest BCUT2D eigenvalue weighted by Crippen LogP contribution is 2.13. The van der Waals surface area contributed by atoms with Gasteiger partial charge in [0.1, 0.15) is 12.4 Å². The molecule has 24 heavy (non-hydrogen) atoms. The molecule has 9 nitrogen and oxygen atoms in total. The summed E-state index contributed by atoms with van der Waals surface area (Å²) >= 11 is 0. The Kier molecular flexibility index (Phi) is 5.31. The number of carbonyl (C=O) groups is 1. The van der Waals surface area contributed by atoms with Crippen LogP contribution in [-0.2, 0) is 14.3 Å². The number of aromatic nitrogens is 2. The lowest BCUT2D eigenvalue weighted by atomic mass is 10.2. The Morgan fingerprint density at radius 2 is 2.21 bits per heavy atom. The summed E-state index contributed by atoms with van der Waals surface area (Å²) in [4.78, 5) is 33.9. The normalized spacial score (nSPS) is 21.2. The molecule has 2 fully saturated rings. The molecule has 0 bridgehead atoms. The van der Waals surface area contributed by atoms with Gasteiger partial charge in [0.2, 0.25) is 11.9 Å². The van der Waals surface area contributed by atoms with Gasteiger partial charge in [-0.25, -0.2) is 0 Å². The van der Waals surface area contributed by atoms with Crippen molar-refractivity contribution in [1.29, 1.82) is 0 Å². The number of nitrogens with one attached hydrogen (secondary N) is 1. The van der Waals surface area contributed by atoms with Gasteiger partial charge in [-0.2, -0.15) is 4.98 Å². The van der Waals surface area contributed by atoms with Crippen molar-refractivity contribution in [2.24, 2.45) is 0 Å². The molecule has 0 aliphatic carbocycles. The summed E-state index contributed by atoms with van der Waals surface area (Å²) in [6.07, 6.45) is 2.19. The number of hydrogen-bond donors (Lipinski definition) is 2. The molecule has 0 radical (unpaired) electrons. The van der Waals surface area contributed by atoms with E-state index in [4.69, 9.17) is 15.2 Å². The standard InChI is InChI=1S/C15H23N5O4/c16-15-17-12(8-13(21)18-15)19-3-5-20(6-4-19)14(22)10-23-9-11-2-1-7-24-11/h8,11H,1-7,9-10H2,(H3,16,17,18,21)/t11-/m0/s1. The van der Waals surface area contributed by atoms with Crippen molar-refractivity contribution >= 4 is 17.7 Å². The maximum absolute atomic E-state index is 12.2. The van der Waals surface area contributed by atoms with Crippen LogP contribution in [0.4, 0.5) is 11.8 Å². The summed E-state index contributed by atoms with van der Waals surface area (Å²) in [7, 11) is 0. The van der Waals surface area contributed by atoms with Crippen LogP contribution < -0.4 is 16.2 Å². The van der Waals surface area contributed by atoms with Crippen LogP contribution in [0.1, 0.15) is 12.8 Å². The summed E-state index contributed by atoms with van der Waals surface area (Å²) in [5, 5.41) is 0.